The number of hydrogen-bond acceptors (Lipinski definition) is 5. The molecule has 0 aromatic heterocycles. The molecule has 13 atom stereocenters. The Bertz CT molecular complexity index is 738. The van der Waals surface area contributed by atoms with E-state index in [4.69, 9.17) is 0 Å². The van der Waals surface area contributed by atoms with Crippen LogP contribution in [-0.2, 0) is 4.79 Å². The molecule has 4 saturated carbocycles. The second-order valence-electron chi connectivity index (χ2n) is 13.4. The number of carbonyl (C=O) groups excluding carboxylic acids is 1. The second-order valence-corrected chi connectivity index (χ2v) is 13.4. The molecule has 5 nitrogen and oxygen atoms in total. The number of aliphatic hydroxyl groups excluding tert-OH is 4. The molecule has 190 valence electrons. The van der Waals surface area contributed by atoms with Gasteiger partial charge in [-0.3, -0.25) is 4.79 Å². The van der Waals surface area contributed by atoms with Crippen molar-refractivity contribution in [2.24, 2.45) is 58.2 Å². The molecular formula is C28H48O5. The van der Waals surface area contributed by atoms with E-state index in [9.17, 15) is 25.2 Å². The van der Waals surface area contributed by atoms with Crippen LogP contribution in [0.1, 0.15) is 86.5 Å². The fourth-order valence-corrected chi connectivity index (χ4v) is 9.23. The first kappa shape index (κ1) is 25.6. The summed E-state index contributed by atoms with van der Waals surface area (Å²) in [6.07, 6.45) is 2.80. The number of rotatable bonds is 5. The van der Waals surface area contributed by atoms with Gasteiger partial charge in [-0.25, -0.2) is 0 Å². The number of hydrogen-bond donors (Lipinski definition) is 4. The van der Waals surface area contributed by atoms with Gasteiger partial charge in [0.05, 0.1) is 24.4 Å². The molecule has 4 N–H and O–H groups in total. The molecule has 0 aliphatic heterocycles. The SMILES string of the molecule is CC(C)[C@H](C)[C@@H](O)[C@H](O)[C@@H](C)[C@H]1CC[C@@H]2[C@H]3CC(=O)[C@H]4C[C@H](O)[C@H](O)C[C@]4(C)[C@@H]3CC[C@@]12C. The molecule has 4 fully saturated rings. The van der Waals surface area contributed by atoms with E-state index in [2.05, 4.69) is 34.6 Å². The van der Waals surface area contributed by atoms with Crippen LogP contribution in [-0.4, -0.2) is 50.6 Å². The van der Waals surface area contributed by atoms with Crippen LogP contribution in [0.5, 0.6) is 0 Å². The van der Waals surface area contributed by atoms with E-state index in [0.717, 1.165) is 25.7 Å². The summed E-state index contributed by atoms with van der Waals surface area (Å²) in [5, 5.41) is 42.8. The lowest BCUT2D eigenvalue weighted by Gasteiger charge is -2.61. The standard InChI is InChI=1S/C28H48O5/c1-14(2)15(3)25(32)26(33)16(4)18-7-8-19-17-11-22(29)21-12-23(30)24(31)13-28(21,6)20(17)9-10-27(18,19)5/h14-21,23-26,30-33H,7-13H2,1-6H3/t15-,16-,17+,18+,19+,20+,21+,23-,24+,25+,26+,27-,28+/m0/s1. The van der Waals surface area contributed by atoms with Crippen molar-refractivity contribution in [3.63, 3.8) is 0 Å². The Balaban J connectivity index is 1.56. The van der Waals surface area contributed by atoms with Gasteiger partial charge in [-0.05, 0) is 90.8 Å². The smallest absolute Gasteiger partial charge is 0.136 e. The van der Waals surface area contributed by atoms with Gasteiger partial charge in [-0.1, -0.05) is 41.5 Å². The minimum atomic E-state index is -0.782. The van der Waals surface area contributed by atoms with E-state index in [1.165, 1.54) is 0 Å². The van der Waals surface area contributed by atoms with Gasteiger partial charge >= 0.3 is 0 Å². The van der Waals surface area contributed by atoms with Gasteiger partial charge < -0.3 is 20.4 Å². The van der Waals surface area contributed by atoms with Crippen molar-refractivity contribution in [1.82, 2.24) is 0 Å². The maximum atomic E-state index is 13.3. The molecular weight excluding hydrogens is 416 g/mol. The second kappa shape index (κ2) is 8.87. The summed E-state index contributed by atoms with van der Waals surface area (Å²) in [6.45, 7) is 12.9. The Kier molecular flexibility index (Phi) is 6.88. The summed E-state index contributed by atoms with van der Waals surface area (Å²) in [7, 11) is 0. The summed E-state index contributed by atoms with van der Waals surface area (Å²) in [5.41, 5.74) is -0.162. The minimum absolute atomic E-state index is 0.0158. The summed E-state index contributed by atoms with van der Waals surface area (Å²) < 4.78 is 0. The fourth-order valence-electron chi connectivity index (χ4n) is 9.23. The molecule has 0 heterocycles. The predicted molar refractivity (Wildman–Crippen MR) is 128 cm³/mol. The average molecular weight is 465 g/mol. The molecule has 0 amide bonds. The number of ketones is 1. The van der Waals surface area contributed by atoms with Gasteiger partial charge in [0.2, 0.25) is 0 Å². The zero-order valence-corrected chi connectivity index (χ0v) is 21.6. The molecule has 0 radical (unpaired) electrons. The molecule has 5 heteroatoms. The van der Waals surface area contributed by atoms with Crippen LogP contribution in [0.25, 0.3) is 0 Å². The molecule has 0 bridgehead atoms. The van der Waals surface area contributed by atoms with Crippen molar-refractivity contribution in [3.05, 3.63) is 0 Å². The van der Waals surface area contributed by atoms with Crippen molar-refractivity contribution in [3.8, 4) is 0 Å². The molecule has 4 aliphatic carbocycles. The topological polar surface area (TPSA) is 98.0 Å². The van der Waals surface area contributed by atoms with Gasteiger partial charge in [0, 0.05) is 12.3 Å². The van der Waals surface area contributed by atoms with Gasteiger partial charge in [-0.15, -0.1) is 0 Å². The zero-order valence-electron chi connectivity index (χ0n) is 21.6. The van der Waals surface area contributed by atoms with Crippen LogP contribution in [0.15, 0.2) is 0 Å². The van der Waals surface area contributed by atoms with Crippen LogP contribution in [0.4, 0.5) is 0 Å². The van der Waals surface area contributed by atoms with Crippen molar-refractivity contribution >= 4 is 5.78 Å². The highest BCUT2D eigenvalue weighted by Gasteiger charge is 2.63. The molecule has 4 rings (SSSR count). The van der Waals surface area contributed by atoms with E-state index in [-0.39, 0.29) is 34.4 Å². The molecule has 4 aliphatic rings. The summed E-state index contributed by atoms with van der Waals surface area (Å²) in [6, 6.07) is 0. The highest BCUT2D eigenvalue weighted by atomic mass is 16.3. The lowest BCUT2D eigenvalue weighted by atomic mass is 9.44. The lowest BCUT2D eigenvalue weighted by molar-refractivity contribution is -0.175. The average Bonchev–Trinajstić information content (AvgIpc) is 3.10. The zero-order chi connectivity index (χ0) is 24.5. The third kappa shape index (κ3) is 3.93. The lowest BCUT2D eigenvalue weighted by Crippen LogP contribution is -2.59. The Morgan fingerprint density at radius 1 is 0.879 bits per heavy atom. The fraction of sp³-hybridized carbons (Fsp3) is 0.964. The third-order valence-electron chi connectivity index (χ3n) is 11.7. The Hall–Kier alpha value is -0.490. The molecule has 0 unspecified atom stereocenters. The van der Waals surface area contributed by atoms with Gasteiger partial charge in [0.1, 0.15) is 5.78 Å². The predicted octanol–water partition coefficient (Wildman–Crippen LogP) is 3.81. The molecule has 0 aromatic rings. The molecule has 0 saturated heterocycles. The largest absolute Gasteiger partial charge is 0.390 e. The van der Waals surface area contributed by atoms with E-state index in [1.807, 2.05) is 6.92 Å². The van der Waals surface area contributed by atoms with Crippen LogP contribution < -0.4 is 0 Å². The van der Waals surface area contributed by atoms with E-state index in [0.29, 0.717) is 48.9 Å². The summed E-state index contributed by atoms with van der Waals surface area (Å²) in [5.74, 6) is 2.05. The number of aliphatic hydroxyl groups is 4. The van der Waals surface area contributed by atoms with Gasteiger partial charge in [0.15, 0.2) is 0 Å². The van der Waals surface area contributed by atoms with Crippen LogP contribution in [0.2, 0.25) is 0 Å². The minimum Gasteiger partial charge on any atom is -0.390 e. The van der Waals surface area contributed by atoms with Crippen molar-refractivity contribution in [2.75, 3.05) is 0 Å². The molecule has 0 aromatic carbocycles. The maximum Gasteiger partial charge on any atom is 0.136 e. The first-order valence-electron chi connectivity index (χ1n) is 13.6. The first-order valence-corrected chi connectivity index (χ1v) is 13.6. The first-order chi connectivity index (χ1) is 15.3. The van der Waals surface area contributed by atoms with E-state index < -0.39 is 24.4 Å². The van der Waals surface area contributed by atoms with Crippen LogP contribution >= 0.6 is 0 Å². The van der Waals surface area contributed by atoms with E-state index in [1.54, 1.807) is 0 Å². The number of carbonyl (C=O) groups is 1. The highest BCUT2D eigenvalue weighted by Crippen LogP contribution is 2.67. The number of Topliss-reactive ketones (excluding diaryl/α,β-unsaturated/α-hetero) is 1. The molecule has 33 heavy (non-hydrogen) atoms. The van der Waals surface area contributed by atoms with Crippen molar-refractivity contribution < 1.29 is 25.2 Å². The summed E-state index contributed by atoms with van der Waals surface area (Å²) >= 11 is 0. The Morgan fingerprint density at radius 2 is 1.52 bits per heavy atom. The van der Waals surface area contributed by atoms with Gasteiger partial charge in [0.25, 0.3) is 0 Å². The maximum absolute atomic E-state index is 13.3. The third-order valence-corrected chi connectivity index (χ3v) is 11.7. The summed E-state index contributed by atoms with van der Waals surface area (Å²) in [4.78, 5) is 13.3. The van der Waals surface area contributed by atoms with Crippen LogP contribution in [0.3, 0.4) is 0 Å². The highest BCUT2D eigenvalue weighted by molar-refractivity contribution is 5.83. The quantitative estimate of drug-likeness (QED) is 0.496. The Morgan fingerprint density at radius 3 is 2.15 bits per heavy atom. The van der Waals surface area contributed by atoms with Crippen molar-refractivity contribution in [1.29, 1.82) is 0 Å². The molecule has 0 spiro atoms. The normalized spacial score (nSPS) is 49.1. The monoisotopic (exact) mass is 464 g/mol. The van der Waals surface area contributed by atoms with Crippen molar-refractivity contribution in [2.45, 2.75) is 111 Å². The van der Waals surface area contributed by atoms with E-state index >= 15 is 0 Å². The number of fused-ring (bicyclic) bond motifs is 5. The Labute approximate surface area is 200 Å². The van der Waals surface area contributed by atoms with Gasteiger partial charge in [-0.2, -0.15) is 0 Å². The van der Waals surface area contributed by atoms with Crippen LogP contribution in [0, 0.1) is 58.2 Å².